The van der Waals surface area contributed by atoms with Crippen LogP contribution in [0.15, 0.2) is 81.4 Å². The Hall–Kier alpha value is -3.55. The summed E-state index contributed by atoms with van der Waals surface area (Å²) < 4.78 is 0. The smallest absolute Gasteiger partial charge is 0.214 e. The molecule has 4 heterocycles. The van der Waals surface area contributed by atoms with Crippen LogP contribution in [0.2, 0.25) is 0 Å². The molecule has 0 spiro atoms. The molecule has 2 aromatic carbocycles. The molecule has 7 heteroatoms. The second-order valence-corrected chi connectivity index (χ2v) is 9.89. The number of hydrogen-bond acceptors (Lipinski definition) is 7. The van der Waals surface area contributed by atoms with Crippen molar-refractivity contribution in [3.63, 3.8) is 0 Å². The van der Waals surface area contributed by atoms with Crippen LogP contribution in [-0.4, -0.2) is 43.6 Å². The zero-order valence-corrected chi connectivity index (χ0v) is 20.0. The molecule has 5 nitrogen and oxygen atoms in total. The number of thiophene rings is 2. The van der Waals surface area contributed by atoms with Gasteiger partial charge >= 0.3 is 0 Å². The first kappa shape index (κ1) is 21.0. The highest BCUT2D eigenvalue weighted by Gasteiger charge is 2.25. The number of ketones is 1. The third-order valence-electron chi connectivity index (χ3n) is 6.04. The van der Waals surface area contributed by atoms with Crippen LogP contribution in [0.1, 0.15) is 25.7 Å². The molecule has 0 fully saturated rings. The van der Waals surface area contributed by atoms with E-state index in [1.165, 1.54) is 22.7 Å². The molecule has 0 saturated carbocycles. The van der Waals surface area contributed by atoms with Gasteiger partial charge in [0.25, 0.3) is 0 Å². The summed E-state index contributed by atoms with van der Waals surface area (Å²) in [5, 5.41) is 10.7. The number of nitrogens with zero attached hydrogens (tertiary/aromatic N) is 2. The molecule has 0 unspecified atom stereocenters. The zero-order chi connectivity index (χ0) is 22.9. The van der Waals surface area contributed by atoms with Gasteiger partial charge in [-0.25, -0.2) is 0 Å². The molecule has 2 aliphatic rings. The van der Waals surface area contributed by atoms with Gasteiger partial charge in [-0.1, -0.05) is 48.5 Å². The van der Waals surface area contributed by atoms with E-state index < -0.39 is 0 Å². The second kappa shape index (κ2) is 9.00. The number of hydrogen-bond donors (Lipinski definition) is 2. The van der Waals surface area contributed by atoms with Crippen LogP contribution in [0.4, 0.5) is 0 Å². The van der Waals surface area contributed by atoms with Crippen LogP contribution >= 0.6 is 22.7 Å². The first-order valence-corrected chi connectivity index (χ1v) is 13.0. The molecule has 2 N–H and O–H groups in total. The first-order valence-electron chi connectivity index (χ1n) is 11.3. The second-order valence-electron chi connectivity index (χ2n) is 8.06. The highest BCUT2D eigenvalue weighted by atomic mass is 32.1. The van der Waals surface area contributed by atoms with Gasteiger partial charge in [-0.15, -0.1) is 22.7 Å². The Balaban J connectivity index is 1.42. The molecule has 0 aliphatic carbocycles. The standard InChI is InChI=1S/C27H22N4OS2/c32-23(24-19(9-15-33-24)17-5-1-3-7-21(17)26-28-11-12-29-26)25-20(10-16-34-25)18-6-2-4-8-22(18)27-30-13-14-31-27/h1-10,15-16H,11-14H2,(H,28,29)(H,30,31). The monoisotopic (exact) mass is 482 g/mol. The van der Waals surface area contributed by atoms with E-state index in [1.807, 2.05) is 47.2 Å². The quantitative estimate of drug-likeness (QED) is 0.377. The van der Waals surface area contributed by atoms with Crippen LogP contribution in [0.25, 0.3) is 22.3 Å². The lowest BCUT2D eigenvalue weighted by Gasteiger charge is -2.12. The number of aliphatic imine (C=N–C) groups is 2. The Bertz CT molecular complexity index is 1340. The minimum Gasteiger partial charge on any atom is -0.368 e. The van der Waals surface area contributed by atoms with Gasteiger partial charge in [0.1, 0.15) is 11.7 Å². The minimum absolute atomic E-state index is 0.0576. The van der Waals surface area contributed by atoms with Crippen LogP contribution in [0, 0.1) is 0 Å². The molecule has 2 aromatic heterocycles. The molecular weight excluding hydrogens is 460 g/mol. The molecule has 0 radical (unpaired) electrons. The number of carbonyl (C=O) groups is 1. The van der Waals surface area contributed by atoms with E-state index in [4.69, 9.17) is 0 Å². The number of amidine groups is 2. The SMILES string of the molecule is O=C(c1sccc1-c1ccccc1C1=NCCN1)c1sccc1-c1ccccc1C1=NCCN1. The molecular formula is C27H22N4OS2. The van der Waals surface area contributed by atoms with Gasteiger partial charge in [-0.05, 0) is 34.0 Å². The summed E-state index contributed by atoms with van der Waals surface area (Å²) in [5.41, 5.74) is 6.04. The molecule has 168 valence electrons. The Morgan fingerprint density at radius 1 is 0.618 bits per heavy atom. The average Bonchev–Trinajstić information content (AvgIpc) is 3.71. The van der Waals surface area contributed by atoms with Crippen molar-refractivity contribution in [2.75, 3.05) is 26.2 Å². The van der Waals surface area contributed by atoms with E-state index in [-0.39, 0.29) is 5.78 Å². The van der Waals surface area contributed by atoms with Crippen molar-refractivity contribution in [2.45, 2.75) is 0 Å². The van der Waals surface area contributed by atoms with Crippen LogP contribution < -0.4 is 10.6 Å². The lowest BCUT2D eigenvalue weighted by molar-refractivity contribution is 0.104. The molecule has 0 saturated heterocycles. The summed E-state index contributed by atoms with van der Waals surface area (Å²) in [6.45, 7) is 3.24. The Morgan fingerprint density at radius 2 is 1.06 bits per heavy atom. The Kier molecular flexibility index (Phi) is 5.57. The van der Waals surface area contributed by atoms with E-state index in [0.29, 0.717) is 0 Å². The van der Waals surface area contributed by atoms with Crippen molar-refractivity contribution in [1.82, 2.24) is 10.6 Å². The fraction of sp³-hybridized carbons (Fsp3) is 0.148. The number of benzene rings is 2. The molecule has 4 aromatic rings. The van der Waals surface area contributed by atoms with E-state index in [9.17, 15) is 4.79 Å². The number of nitrogens with one attached hydrogen (secondary N) is 2. The van der Waals surface area contributed by atoms with Crippen molar-refractivity contribution in [2.24, 2.45) is 9.98 Å². The lowest BCUT2D eigenvalue weighted by atomic mass is 9.95. The van der Waals surface area contributed by atoms with E-state index in [0.717, 1.165) is 81.0 Å². The summed E-state index contributed by atoms with van der Waals surface area (Å²) in [6.07, 6.45) is 0. The lowest BCUT2D eigenvalue weighted by Crippen LogP contribution is -2.20. The predicted molar refractivity (Wildman–Crippen MR) is 142 cm³/mol. The largest absolute Gasteiger partial charge is 0.368 e. The maximum absolute atomic E-state index is 14.0. The van der Waals surface area contributed by atoms with Crippen LogP contribution in [0.3, 0.4) is 0 Å². The molecule has 34 heavy (non-hydrogen) atoms. The summed E-state index contributed by atoms with van der Waals surface area (Å²) in [5.74, 6) is 1.86. The maximum Gasteiger partial charge on any atom is 0.214 e. The molecule has 6 rings (SSSR count). The third kappa shape index (κ3) is 3.67. The summed E-state index contributed by atoms with van der Waals surface area (Å²) in [6, 6.07) is 20.4. The highest BCUT2D eigenvalue weighted by Crippen LogP contribution is 2.38. The fourth-order valence-corrected chi connectivity index (χ4v) is 6.28. The predicted octanol–water partition coefficient (Wildman–Crippen LogP) is 5.07. The van der Waals surface area contributed by atoms with Gasteiger partial charge in [-0.2, -0.15) is 0 Å². The molecule has 0 bridgehead atoms. The van der Waals surface area contributed by atoms with E-state index in [2.05, 4.69) is 44.9 Å². The Labute approximate surface area is 205 Å². The zero-order valence-electron chi connectivity index (χ0n) is 18.4. The maximum atomic E-state index is 14.0. The van der Waals surface area contributed by atoms with Crippen molar-refractivity contribution in [3.05, 3.63) is 92.3 Å². The fourth-order valence-electron chi connectivity index (χ4n) is 4.50. The van der Waals surface area contributed by atoms with Gasteiger partial charge in [0.15, 0.2) is 0 Å². The van der Waals surface area contributed by atoms with Crippen molar-refractivity contribution < 1.29 is 4.79 Å². The summed E-state index contributed by atoms with van der Waals surface area (Å²) in [4.78, 5) is 24.7. The van der Waals surface area contributed by atoms with Gasteiger partial charge in [0, 0.05) is 35.3 Å². The number of carbonyl (C=O) groups excluding carboxylic acids is 1. The number of rotatable bonds is 6. The van der Waals surface area contributed by atoms with Crippen LogP contribution in [-0.2, 0) is 0 Å². The third-order valence-corrected chi connectivity index (χ3v) is 7.86. The average molecular weight is 483 g/mol. The van der Waals surface area contributed by atoms with Crippen LogP contribution in [0.5, 0.6) is 0 Å². The summed E-state index contributed by atoms with van der Waals surface area (Å²) in [7, 11) is 0. The van der Waals surface area contributed by atoms with Gasteiger partial charge in [0.05, 0.1) is 22.8 Å². The van der Waals surface area contributed by atoms with Crippen molar-refractivity contribution in [1.29, 1.82) is 0 Å². The Morgan fingerprint density at radius 3 is 1.47 bits per heavy atom. The molecule has 0 atom stereocenters. The highest BCUT2D eigenvalue weighted by molar-refractivity contribution is 7.16. The molecule has 0 amide bonds. The topological polar surface area (TPSA) is 65.8 Å². The van der Waals surface area contributed by atoms with Crippen molar-refractivity contribution >= 4 is 40.1 Å². The van der Waals surface area contributed by atoms with Gasteiger partial charge in [0.2, 0.25) is 5.78 Å². The normalized spacial score (nSPS) is 14.9. The van der Waals surface area contributed by atoms with E-state index in [1.54, 1.807) is 0 Å². The first-order chi connectivity index (χ1) is 16.8. The van der Waals surface area contributed by atoms with Gasteiger partial charge < -0.3 is 10.6 Å². The van der Waals surface area contributed by atoms with Gasteiger partial charge in [-0.3, -0.25) is 14.8 Å². The van der Waals surface area contributed by atoms with E-state index >= 15 is 0 Å². The molecule has 2 aliphatic heterocycles. The van der Waals surface area contributed by atoms with Crippen molar-refractivity contribution in [3.8, 4) is 22.3 Å². The minimum atomic E-state index is 0.0576. The summed E-state index contributed by atoms with van der Waals surface area (Å²) >= 11 is 2.99.